The van der Waals surface area contributed by atoms with Crippen LogP contribution in [-0.2, 0) is 0 Å². The summed E-state index contributed by atoms with van der Waals surface area (Å²) in [6, 6.07) is 0. The van der Waals surface area contributed by atoms with Crippen LogP contribution in [0.4, 0.5) is 30.7 Å². The highest BCUT2D eigenvalue weighted by Crippen LogP contribution is 2.48. The van der Waals surface area contributed by atoms with E-state index in [9.17, 15) is 30.7 Å². The van der Waals surface area contributed by atoms with E-state index in [0.717, 1.165) is 0 Å². The average molecular weight is 225 g/mol. The molecule has 0 saturated carbocycles. The molecule has 7 heteroatoms. The minimum absolute atomic E-state index is 0.0729. The minimum atomic E-state index is -6.24. The maximum Gasteiger partial charge on any atom is 0.459 e. The molecule has 0 aromatic heterocycles. The summed E-state index contributed by atoms with van der Waals surface area (Å²) in [5.41, 5.74) is 0. The fourth-order valence-corrected chi connectivity index (χ4v) is 0.643. The molecule has 0 aliphatic carbocycles. The number of hydrogen-bond donors (Lipinski definition) is 0. The van der Waals surface area contributed by atoms with E-state index in [0.29, 0.717) is 0 Å². The van der Waals surface area contributed by atoms with Gasteiger partial charge >= 0.3 is 18.0 Å². The molecule has 0 bridgehead atoms. The Hall–Kier alpha value is -0.490. The van der Waals surface area contributed by atoms with Gasteiger partial charge in [-0.05, 0) is 6.42 Å². The molecule has 0 saturated heterocycles. The molecule has 0 amide bonds. The lowest BCUT2D eigenvalue weighted by molar-refractivity contribution is -0.346. The summed E-state index contributed by atoms with van der Waals surface area (Å²) in [5.74, 6) is -11.2. The number of unbranched alkanes of at least 4 members (excludes halogenated alkanes) is 1. The van der Waals surface area contributed by atoms with Crippen molar-refractivity contribution in [2.24, 2.45) is 0 Å². The van der Waals surface area contributed by atoms with Crippen LogP contribution in [0.2, 0.25) is 0 Å². The molecule has 0 aromatic rings. The van der Waals surface area contributed by atoms with Gasteiger partial charge in [0.15, 0.2) is 0 Å². The summed E-state index contributed by atoms with van der Waals surface area (Å²) >= 11 is 0. The second kappa shape index (κ2) is 3.94. The SMILES string of the molecule is CCC[CH]C(F)(F)C(F)(F)C(F)(F)F. The summed E-state index contributed by atoms with van der Waals surface area (Å²) in [6.07, 6.45) is -6.97. The van der Waals surface area contributed by atoms with E-state index in [-0.39, 0.29) is 12.8 Å². The van der Waals surface area contributed by atoms with Gasteiger partial charge in [0.25, 0.3) is 0 Å². The standard InChI is InChI=1S/C7H8F7/c1-2-3-4-5(8,9)6(10,11)7(12,13)14/h4H,2-3H2,1H3. The van der Waals surface area contributed by atoms with Crippen molar-refractivity contribution < 1.29 is 30.7 Å². The van der Waals surface area contributed by atoms with Crippen LogP contribution in [0.1, 0.15) is 19.8 Å². The molecule has 0 aliphatic rings. The minimum Gasteiger partial charge on any atom is -0.199 e. The maximum atomic E-state index is 12.4. The Labute approximate surface area is 76.1 Å². The van der Waals surface area contributed by atoms with Crippen molar-refractivity contribution in [3.63, 3.8) is 0 Å². The summed E-state index contributed by atoms with van der Waals surface area (Å²) in [5, 5.41) is 0. The third-order valence-corrected chi connectivity index (χ3v) is 1.46. The first-order chi connectivity index (χ1) is 6.06. The van der Waals surface area contributed by atoms with Crippen LogP contribution >= 0.6 is 0 Å². The second-order valence-corrected chi connectivity index (χ2v) is 2.69. The zero-order chi connectivity index (χ0) is 11.6. The second-order valence-electron chi connectivity index (χ2n) is 2.69. The monoisotopic (exact) mass is 225 g/mol. The lowest BCUT2D eigenvalue weighted by atomic mass is 10.0. The number of hydrogen-bond acceptors (Lipinski definition) is 0. The van der Waals surface area contributed by atoms with Crippen molar-refractivity contribution in [1.29, 1.82) is 0 Å². The van der Waals surface area contributed by atoms with Crippen molar-refractivity contribution in [2.45, 2.75) is 37.8 Å². The van der Waals surface area contributed by atoms with Gasteiger partial charge in [0.1, 0.15) is 0 Å². The molecule has 0 heterocycles. The zero-order valence-corrected chi connectivity index (χ0v) is 7.14. The van der Waals surface area contributed by atoms with Gasteiger partial charge in [0.2, 0.25) is 0 Å². The first kappa shape index (κ1) is 13.5. The lowest BCUT2D eigenvalue weighted by Gasteiger charge is -2.27. The molecule has 1 radical (unpaired) electrons. The van der Waals surface area contributed by atoms with Gasteiger partial charge in [0.05, 0.1) is 0 Å². The van der Waals surface area contributed by atoms with E-state index in [1.807, 2.05) is 0 Å². The van der Waals surface area contributed by atoms with Crippen LogP contribution in [-0.4, -0.2) is 18.0 Å². The van der Waals surface area contributed by atoms with Crippen LogP contribution in [0.25, 0.3) is 0 Å². The molecular formula is C7H8F7. The zero-order valence-electron chi connectivity index (χ0n) is 7.14. The quantitative estimate of drug-likeness (QED) is 0.638. The number of halogens is 7. The molecule has 0 spiro atoms. The summed E-state index contributed by atoms with van der Waals surface area (Å²) in [4.78, 5) is 0. The van der Waals surface area contributed by atoms with E-state index >= 15 is 0 Å². The molecule has 14 heavy (non-hydrogen) atoms. The van der Waals surface area contributed by atoms with E-state index in [1.54, 1.807) is 0 Å². The summed E-state index contributed by atoms with van der Waals surface area (Å²) < 4.78 is 83.5. The Balaban J connectivity index is 4.69. The smallest absolute Gasteiger partial charge is 0.199 e. The van der Waals surface area contributed by atoms with Gasteiger partial charge in [-0.25, -0.2) is 0 Å². The molecule has 0 aliphatic heterocycles. The lowest BCUT2D eigenvalue weighted by Crippen LogP contribution is -2.52. The van der Waals surface area contributed by atoms with Crippen molar-refractivity contribution >= 4 is 0 Å². The average Bonchev–Trinajstić information content (AvgIpc) is 1.98. The molecule has 0 fully saturated rings. The van der Waals surface area contributed by atoms with Crippen LogP contribution in [0.3, 0.4) is 0 Å². The largest absolute Gasteiger partial charge is 0.459 e. The van der Waals surface area contributed by atoms with Crippen LogP contribution < -0.4 is 0 Å². The topological polar surface area (TPSA) is 0 Å². The summed E-state index contributed by atoms with van der Waals surface area (Å²) in [7, 11) is 0. The Morgan fingerprint density at radius 3 is 1.64 bits per heavy atom. The van der Waals surface area contributed by atoms with Crippen LogP contribution in [0.15, 0.2) is 0 Å². The Morgan fingerprint density at radius 1 is 0.929 bits per heavy atom. The highest BCUT2D eigenvalue weighted by molar-refractivity contribution is 4.99. The van der Waals surface area contributed by atoms with Gasteiger partial charge in [-0.15, -0.1) is 0 Å². The first-order valence-electron chi connectivity index (χ1n) is 3.73. The van der Waals surface area contributed by atoms with Crippen molar-refractivity contribution in [1.82, 2.24) is 0 Å². The normalized spacial score (nSPS) is 14.6. The fourth-order valence-electron chi connectivity index (χ4n) is 0.643. The van der Waals surface area contributed by atoms with Gasteiger partial charge in [-0.2, -0.15) is 30.7 Å². The molecule has 0 atom stereocenters. The number of rotatable bonds is 4. The van der Waals surface area contributed by atoms with Crippen molar-refractivity contribution in [3.8, 4) is 0 Å². The molecule has 0 unspecified atom stereocenters. The van der Waals surface area contributed by atoms with E-state index < -0.39 is 24.4 Å². The molecule has 0 aromatic carbocycles. The maximum absolute atomic E-state index is 12.4. The predicted octanol–water partition coefficient (Wildman–Crippen LogP) is 3.82. The first-order valence-corrected chi connectivity index (χ1v) is 3.73. The van der Waals surface area contributed by atoms with Gasteiger partial charge in [-0.3, -0.25) is 0 Å². The van der Waals surface area contributed by atoms with Gasteiger partial charge in [-0.1, -0.05) is 13.3 Å². The van der Waals surface area contributed by atoms with Crippen LogP contribution in [0.5, 0.6) is 0 Å². The van der Waals surface area contributed by atoms with E-state index in [2.05, 4.69) is 0 Å². The number of alkyl halides is 7. The third-order valence-electron chi connectivity index (χ3n) is 1.46. The molecule has 0 rings (SSSR count). The van der Waals surface area contributed by atoms with Gasteiger partial charge < -0.3 is 0 Å². The summed E-state index contributed by atoms with van der Waals surface area (Å²) in [6.45, 7) is 1.39. The predicted molar refractivity (Wildman–Crippen MR) is 35.2 cm³/mol. The van der Waals surface area contributed by atoms with E-state index in [1.165, 1.54) is 6.92 Å². The molecular weight excluding hydrogens is 217 g/mol. The van der Waals surface area contributed by atoms with Crippen LogP contribution in [0, 0.1) is 6.42 Å². The van der Waals surface area contributed by atoms with Gasteiger partial charge in [0, 0.05) is 6.42 Å². The fraction of sp³-hybridized carbons (Fsp3) is 0.857. The third kappa shape index (κ3) is 2.51. The highest BCUT2D eigenvalue weighted by Gasteiger charge is 2.72. The molecule has 85 valence electrons. The Morgan fingerprint density at radius 2 is 1.36 bits per heavy atom. The molecule has 0 N–H and O–H groups in total. The van der Waals surface area contributed by atoms with Crippen molar-refractivity contribution in [3.05, 3.63) is 6.42 Å². The Kier molecular flexibility index (Phi) is 3.80. The van der Waals surface area contributed by atoms with E-state index in [4.69, 9.17) is 0 Å². The highest BCUT2D eigenvalue weighted by atomic mass is 19.4. The van der Waals surface area contributed by atoms with Crippen molar-refractivity contribution in [2.75, 3.05) is 0 Å². The Bertz CT molecular complexity index is 181. The molecule has 0 nitrogen and oxygen atoms in total.